The number of carbonyl (C=O) groups excluding carboxylic acids is 1. The lowest BCUT2D eigenvalue weighted by Gasteiger charge is -2.17. The molecule has 0 spiro atoms. The molecule has 7 heteroatoms. The quantitative estimate of drug-likeness (QED) is 0.597. The molecule has 0 radical (unpaired) electrons. The summed E-state index contributed by atoms with van der Waals surface area (Å²) in [6.07, 6.45) is 5.46. The number of hydrogen-bond donors (Lipinski definition) is 1. The summed E-state index contributed by atoms with van der Waals surface area (Å²) in [7, 11) is 1.61. The third kappa shape index (κ3) is 4.50. The molecular weight excluding hydrogens is 384 g/mol. The Morgan fingerprint density at radius 1 is 1.17 bits per heavy atom. The van der Waals surface area contributed by atoms with Crippen molar-refractivity contribution in [2.24, 2.45) is 0 Å². The third-order valence-corrected chi connectivity index (χ3v) is 5.40. The summed E-state index contributed by atoms with van der Waals surface area (Å²) < 4.78 is 18.3. The molecule has 158 valence electrons. The molecule has 0 atom stereocenters. The molecule has 2 aromatic carbocycles. The van der Waals surface area contributed by atoms with E-state index in [1.165, 1.54) is 12.8 Å². The molecule has 1 N–H and O–H groups in total. The SMILES string of the molecule is COc1ccc(NC(=O)CCCn2c(=O)oc3ccccc32)cc1OC1CCCC1. The van der Waals surface area contributed by atoms with Crippen LogP contribution in [0, 0.1) is 0 Å². The van der Waals surface area contributed by atoms with Crippen molar-refractivity contribution in [2.45, 2.75) is 51.2 Å². The van der Waals surface area contributed by atoms with Crippen molar-refractivity contribution in [3.05, 3.63) is 53.0 Å². The molecule has 7 nitrogen and oxygen atoms in total. The Morgan fingerprint density at radius 2 is 1.97 bits per heavy atom. The fraction of sp³-hybridized carbons (Fsp3) is 0.391. The zero-order valence-corrected chi connectivity index (χ0v) is 17.1. The highest BCUT2D eigenvalue weighted by Crippen LogP contribution is 2.34. The number of benzene rings is 2. The van der Waals surface area contributed by atoms with Crippen LogP contribution in [0.15, 0.2) is 51.7 Å². The Morgan fingerprint density at radius 3 is 2.77 bits per heavy atom. The second kappa shape index (κ2) is 9.07. The minimum atomic E-state index is -0.402. The lowest BCUT2D eigenvalue weighted by molar-refractivity contribution is -0.116. The number of carbonyl (C=O) groups is 1. The number of nitrogens with zero attached hydrogens (tertiary/aromatic N) is 1. The Kier molecular flexibility index (Phi) is 6.07. The average molecular weight is 410 g/mol. The molecular formula is C23H26N2O5. The minimum absolute atomic E-state index is 0.118. The molecule has 0 saturated heterocycles. The predicted molar refractivity (Wildman–Crippen MR) is 114 cm³/mol. The van der Waals surface area contributed by atoms with Crippen molar-refractivity contribution < 1.29 is 18.7 Å². The lowest BCUT2D eigenvalue weighted by Crippen LogP contribution is -2.17. The number of rotatable bonds is 8. The first-order valence-electron chi connectivity index (χ1n) is 10.4. The molecule has 0 unspecified atom stereocenters. The van der Waals surface area contributed by atoms with Gasteiger partial charge in [-0.25, -0.2) is 4.79 Å². The van der Waals surface area contributed by atoms with Gasteiger partial charge in [-0.2, -0.15) is 0 Å². The van der Waals surface area contributed by atoms with Crippen LogP contribution in [0.25, 0.3) is 11.1 Å². The molecule has 1 aliphatic rings. The Hall–Kier alpha value is -3.22. The molecule has 30 heavy (non-hydrogen) atoms. The Balaban J connectivity index is 1.35. The summed E-state index contributed by atoms with van der Waals surface area (Å²) in [6.45, 7) is 0.419. The van der Waals surface area contributed by atoms with E-state index in [4.69, 9.17) is 13.9 Å². The second-order valence-corrected chi connectivity index (χ2v) is 7.53. The number of anilines is 1. The van der Waals surface area contributed by atoms with Gasteiger partial charge in [-0.1, -0.05) is 12.1 Å². The van der Waals surface area contributed by atoms with Gasteiger partial charge in [0.1, 0.15) is 0 Å². The molecule has 1 fully saturated rings. The largest absolute Gasteiger partial charge is 0.493 e. The van der Waals surface area contributed by atoms with Gasteiger partial charge in [0.05, 0.1) is 18.7 Å². The first-order chi connectivity index (χ1) is 14.6. The minimum Gasteiger partial charge on any atom is -0.493 e. The Bertz CT molecular complexity index is 1080. The van der Waals surface area contributed by atoms with Gasteiger partial charge in [0.2, 0.25) is 5.91 Å². The number of aromatic nitrogens is 1. The van der Waals surface area contributed by atoms with Gasteiger partial charge in [0.15, 0.2) is 17.1 Å². The number of nitrogens with one attached hydrogen (secondary N) is 1. The molecule has 1 aromatic heterocycles. The van der Waals surface area contributed by atoms with E-state index in [2.05, 4.69) is 5.32 Å². The molecule has 1 amide bonds. The number of para-hydroxylation sites is 2. The topological polar surface area (TPSA) is 82.7 Å². The van der Waals surface area contributed by atoms with Crippen LogP contribution in [0.5, 0.6) is 11.5 Å². The van der Waals surface area contributed by atoms with Gasteiger partial charge in [-0.3, -0.25) is 9.36 Å². The van der Waals surface area contributed by atoms with Crippen LogP contribution in [-0.2, 0) is 11.3 Å². The van der Waals surface area contributed by atoms with E-state index in [1.54, 1.807) is 29.9 Å². The van der Waals surface area contributed by atoms with E-state index >= 15 is 0 Å². The van der Waals surface area contributed by atoms with E-state index in [0.29, 0.717) is 35.7 Å². The summed E-state index contributed by atoms with van der Waals surface area (Å²) in [5.41, 5.74) is 1.96. The van der Waals surface area contributed by atoms with Crippen LogP contribution in [-0.4, -0.2) is 23.7 Å². The molecule has 1 aliphatic carbocycles. The van der Waals surface area contributed by atoms with E-state index in [9.17, 15) is 9.59 Å². The van der Waals surface area contributed by atoms with Gasteiger partial charge < -0.3 is 19.2 Å². The van der Waals surface area contributed by atoms with Crippen LogP contribution < -0.4 is 20.5 Å². The molecule has 3 aromatic rings. The fourth-order valence-electron chi connectivity index (χ4n) is 3.88. The maximum Gasteiger partial charge on any atom is 0.419 e. The third-order valence-electron chi connectivity index (χ3n) is 5.40. The highest BCUT2D eigenvalue weighted by atomic mass is 16.5. The monoisotopic (exact) mass is 410 g/mol. The van der Waals surface area contributed by atoms with Gasteiger partial charge in [-0.05, 0) is 56.4 Å². The number of amides is 1. The first kappa shape index (κ1) is 20.1. The predicted octanol–water partition coefficient (Wildman–Crippen LogP) is 4.34. The van der Waals surface area contributed by atoms with Crippen LogP contribution in [0.1, 0.15) is 38.5 Å². The van der Waals surface area contributed by atoms with Crippen LogP contribution in [0.2, 0.25) is 0 Å². The summed E-state index contributed by atoms with van der Waals surface area (Å²) in [4.78, 5) is 24.4. The highest BCUT2D eigenvalue weighted by Gasteiger charge is 2.19. The van der Waals surface area contributed by atoms with Crippen LogP contribution >= 0.6 is 0 Å². The molecule has 0 aliphatic heterocycles. The first-order valence-corrected chi connectivity index (χ1v) is 10.4. The molecule has 1 saturated carbocycles. The van der Waals surface area contributed by atoms with Gasteiger partial charge >= 0.3 is 5.76 Å². The van der Waals surface area contributed by atoms with Crippen molar-refractivity contribution >= 4 is 22.7 Å². The van der Waals surface area contributed by atoms with E-state index in [1.807, 2.05) is 24.3 Å². The summed E-state index contributed by atoms with van der Waals surface area (Å²) in [5, 5.41) is 2.91. The maximum absolute atomic E-state index is 12.4. The highest BCUT2D eigenvalue weighted by molar-refractivity contribution is 5.91. The number of methoxy groups -OCH3 is 1. The van der Waals surface area contributed by atoms with E-state index < -0.39 is 5.76 Å². The number of ether oxygens (including phenoxy) is 2. The zero-order chi connectivity index (χ0) is 20.9. The normalized spacial score (nSPS) is 14.2. The number of fused-ring (bicyclic) bond motifs is 1. The zero-order valence-electron chi connectivity index (χ0n) is 17.1. The average Bonchev–Trinajstić information content (AvgIpc) is 3.36. The van der Waals surface area contributed by atoms with E-state index in [0.717, 1.165) is 18.4 Å². The van der Waals surface area contributed by atoms with Crippen molar-refractivity contribution in [1.29, 1.82) is 0 Å². The smallest absolute Gasteiger partial charge is 0.419 e. The van der Waals surface area contributed by atoms with Crippen LogP contribution in [0.3, 0.4) is 0 Å². The molecule has 4 rings (SSSR count). The summed E-state index contributed by atoms with van der Waals surface area (Å²) in [6, 6.07) is 12.7. The number of aryl methyl sites for hydroxylation is 1. The number of oxazole rings is 1. The van der Waals surface area contributed by atoms with Crippen molar-refractivity contribution in [3.8, 4) is 11.5 Å². The fourth-order valence-corrected chi connectivity index (χ4v) is 3.88. The van der Waals surface area contributed by atoms with E-state index in [-0.39, 0.29) is 18.4 Å². The van der Waals surface area contributed by atoms with Crippen LogP contribution in [0.4, 0.5) is 5.69 Å². The number of hydrogen-bond acceptors (Lipinski definition) is 5. The van der Waals surface area contributed by atoms with Crippen molar-refractivity contribution in [2.75, 3.05) is 12.4 Å². The lowest BCUT2D eigenvalue weighted by atomic mass is 10.2. The second-order valence-electron chi connectivity index (χ2n) is 7.53. The van der Waals surface area contributed by atoms with Gasteiger partial charge in [0.25, 0.3) is 0 Å². The van der Waals surface area contributed by atoms with Crippen molar-refractivity contribution in [1.82, 2.24) is 4.57 Å². The molecule has 0 bridgehead atoms. The van der Waals surface area contributed by atoms with Crippen molar-refractivity contribution in [3.63, 3.8) is 0 Å². The summed E-state index contributed by atoms with van der Waals surface area (Å²) >= 11 is 0. The Labute approximate surface area is 174 Å². The standard InChI is InChI=1S/C23H26N2O5/c1-28-20-13-12-16(15-21(20)29-17-7-2-3-8-17)24-22(26)11-6-14-25-18-9-4-5-10-19(18)30-23(25)27/h4-5,9-10,12-13,15,17H,2-3,6-8,11,14H2,1H3,(H,24,26). The molecule has 1 heterocycles. The van der Waals surface area contributed by atoms with Gasteiger partial charge in [0, 0.05) is 24.7 Å². The summed E-state index contributed by atoms with van der Waals surface area (Å²) in [5.74, 6) is 0.790. The van der Waals surface area contributed by atoms with Gasteiger partial charge in [-0.15, -0.1) is 0 Å². The maximum atomic E-state index is 12.4.